The molecule has 0 aliphatic heterocycles. The van der Waals surface area contributed by atoms with Crippen LogP contribution in [0.5, 0.6) is 0 Å². The highest BCUT2D eigenvalue weighted by Gasteiger charge is 2.20. The molecule has 0 aromatic rings. The van der Waals surface area contributed by atoms with Gasteiger partial charge in [-0.05, 0) is 12.3 Å². The van der Waals surface area contributed by atoms with Crippen LogP contribution in [-0.4, -0.2) is 17.9 Å². The zero-order valence-corrected chi connectivity index (χ0v) is 18.4. The summed E-state index contributed by atoms with van der Waals surface area (Å²) in [5.41, 5.74) is 5.32. The van der Waals surface area contributed by atoms with Crippen LogP contribution in [0.15, 0.2) is 0 Å². The first-order chi connectivity index (χ1) is 13.0. The van der Waals surface area contributed by atoms with E-state index in [2.05, 4.69) is 12.2 Å². The van der Waals surface area contributed by atoms with Gasteiger partial charge in [-0.15, -0.1) is 0 Å². The highest BCUT2D eigenvalue weighted by Crippen LogP contribution is 2.13. The van der Waals surface area contributed by atoms with Crippen molar-refractivity contribution in [2.45, 2.75) is 130 Å². The van der Waals surface area contributed by atoms with E-state index in [1.807, 2.05) is 13.8 Å². The fourth-order valence-corrected chi connectivity index (χ4v) is 3.47. The van der Waals surface area contributed by atoms with E-state index in [9.17, 15) is 9.59 Å². The van der Waals surface area contributed by atoms with Gasteiger partial charge in [-0.3, -0.25) is 9.59 Å². The normalized spacial score (nSPS) is 12.3. The van der Waals surface area contributed by atoms with Gasteiger partial charge >= 0.3 is 0 Å². The first-order valence-electron chi connectivity index (χ1n) is 11.6. The van der Waals surface area contributed by atoms with Gasteiger partial charge < -0.3 is 11.1 Å². The van der Waals surface area contributed by atoms with Gasteiger partial charge in [0.2, 0.25) is 11.8 Å². The Balaban J connectivity index is 3.35. The van der Waals surface area contributed by atoms with Crippen molar-refractivity contribution in [2.24, 2.45) is 11.7 Å². The predicted octanol–water partition coefficient (Wildman–Crippen LogP) is 5.87. The fourth-order valence-electron chi connectivity index (χ4n) is 3.47. The molecular weight excluding hydrogens is 336 g/mol. The maximum absolute atomic E-state index is 11.9. The lowest BCUT2D eigenvalue weighted by Gasteiger charge is -2.18. The van der Waals surface area contributed by atoms with E-state index in [0.29, 0.717) is 6.42 Å². The van der Waals surface area contributed by atoms with Crippen LogP contribution >= 0.6 is 0 Å². The minimum Gasteiger partial charge on any atom is -0.368 e. The standard InChI is InChI=1S/C23H46N2O2/c1-4-5-6-7-8-9-10-11-12-13-14-15-16-17-18-19-21(26)25-22(20(2)3)23(24)27/h20,22H,4-19H2,1-3H3,(H2,24,27)(H,25,26)/t22-/m0/s1. The second-order valence-electron chi connectivity index (χ2n) is 8.39. The molecule has 0 spiro atoms. The number of carbonyl (C=O) groups is 2. The van der Waals surface area contributed by atoms with Crippen LogP contribution in [0.25, 0.3) is 0 Å². The third-order valence-electron chi connectivity index (χ3n) is 5.30. The molecule has 3 N–H and O–H groups in total. The summed E-state index contributed by atoms with van der Waals surface area (Å²) in [6.45, 7) is 6.05. The van der Waals surface area contributed by atoms with E-state index >= 15 is 0 Å². The van der Waals surface area contributed by atoms with Crippen LogP contribution in [0.3, 0.4) is 0 Å². The first-order valence-corrected chi connectivity index (χ1v) is 11.6. The molecule has 1 atom stereocenters. The molecule has 0 rings (SSSR count). The Morgan fingerprint density at radius 1 is 0.704 bits per heavy atom. The van der Waals surface area contributed by atoms with Crippen molar-refractivity contribution >= 4 is 11.8 Å². The van der Waals surface area contributed by atoms with Crippen molar-refractivity contribution in [2.75, 3.05) is 0 Å². The summed E-state index contributed by atoms with van der Waals surface area (Å²) in [5.74, 6) is -0.468. The summed E-state index contributed by atoms with van der Waals surface area (Å²) >= 11 is 0. The average Bonchev–Trinajstić information content (AvgIpc) is 2.62. The highest BCUT2D eigenvalue weighted by atomic mass is 16.2. The Labute approximate surface area is 168 Å². The highest BCUT2D eigenvalue weighted by molar-refractivity contribution is 5.86. The lowest BCUT2D eigenvalue weighted by Crippen LogP contribution is -2.47. The van der Waals surface area contributed by atoms with Crippen molar-refractivity contribution < 1.29 is 9.59 Å². The molecule has 0 bridgehead atoms. The molecule has 0 saturated carbocycles. The number of rotatable bonds is 19. The topological polar surface area (TPSA) is 72.2 Å². The number of nitrogens with two attached hydrogens (primary N) is 1. The monoisotopic (exact) mass is 382 g/mol. The van der Waals surface area contributed by atoms with E-state index in [4.69, 9.17) is 5.73 Å². The molecule has 160 valence electrons. The Bertz CT molecular complexity index is 369. The minimum atomic E-state index is -0.547. The molecule has 0 heterocycles. The van der Waals surface area contributed by atoms with E-state index in [-0.39, 0.29) is 11.8 Å². The molecule has 27 heavy (non-hydrogen) atoms. The van der Waals surface area contributed by atoms with E-state index in [1.165, 1.54) is 83.5 Å². The predicted molar refractivity (Wildman–Crippen MR) is 116 cm³/mol. The van der Waals surface area contributed by atoms with Crippen LogP contribution in [0.1, 0.15) is 124 Å². The molecule has 0 unspecified atom stereocenters. The SMILES string of the molecule is CCCCCCCCCCCCCCCCCC(=O)N[C@H](C(N)=O)C(C)C. The van der Waals surface area contributed by atoms with Gasteiger partial charge in [0.25, 0.3) is 0 Å². The van der Waals surface area contributed by atoms with Crippen molar-refractivity contribution in [3.8, 4) is 0 Å². The van der Waals surface area contributed by atoms with Crippen LogP contribution < -0.4 is 11.1 Å². The lowest BCUT2D eigenvalue weighted by molar-refractivity contribution is -0.128. The maximum Gasteiger partial charge on any atom is 0.240 e. The Kier molecular flexibility index (Phi) is 17.6. The second-order valence-corrected chi connectivity index (χ2v) is 8.39. The molecule has 4 nitrogen and oxygen atoms in total. The van der Waals surface area contributed by atoms with Gasteiger partial charge in [-0.1, -0.05) is 111 Å². The lowest BCUT2D eigenvalue weighted by atomic mass is 10.0. The van der Waals surface area contributed by atoms with Crippen molar-refractivity contribution in [1.82, 2.24) is 5.32 Å². The molecule has 0 fully saturated rings. The Hall–Kier alpha value is -1.06. The summed E-state index contributed by atoms with van der Waals surface area (Å²) in [7, 11) is 0. The van der Waals surface area contributed by atoms with Crippen LogP contribution in [0.4, 0.5) is 0 Å². The second kappa shape index (κ2) is 18.3. The Morgan fingerprint density at radius 2 is 1.07 bits per heavy atom. The summed E-state index contributed by atoms with van der Waals surface area (Å²) in [6, 6.07) is -0.547. The van der Waals surface area contributed by atoms with Crippen LogP contribution in [0, 0.1) is 5.92 Å². The number of carbonyl (C=O) groups excluding carboxylic acids is 2. The molecule has 4 heteroatoms. The molecule has 0 aliphatic rings. The third-order valence-corrected chi connectivity index (χ3v) is 5.30. The smallest absolute Gasteiger partial charge is 0.240 e. The quantitative estimate of drug-likeness (QED) is 0.274. The number of hydrogen-bond acceptors (Lipinski definition) is 2. The number of hydrogen-bond donors (Lipinski definition) is 2. The van der Waals surface area contributed by atoms with Gasteiger partial charge in [0.15, 0.2) is 0 Å². The molecule has 0 aromatic heterocycles. The fraction of sp³-hybridized carbons (Fsp3) is 0.913. The van der Waals surface area contributed by atoms with Gasteiger partial charge in [0.05, 0.1) is 0 Å². The van der Waals surface area contributed by atoms with E-state index in [1.54, 1.807) is 0 Å². The molecule has 0 radical (unpaired) electrons. The van der Waals surface area contributed by atoms with Gasteiger partial charge in [0.1, 0.15) is 6.04 Å². The van der Waals surface area contributed by atoms with Gasteiger partial charge in [0, 0.05) is 6.42 Å². The number of primary amides is 1. The average molecular weight is 383 g/mol. The zero-order chi connectivity index (χ0) is 20.3. The molecule has 2 amide bonds. The first kappa shape index (κ1) is 25.9. The Morgan fingerprint density at radius 3 is 1.41 bits per heavy atom. The maximum atomic E-state index is 11.9. The largest absolute Gasteiger partial charge is 0.368 e. The van der Waals surface area contributed by atoms with Crippen molar-refractivity contribution in [3.05, 3.63) is 0 Å². The molecule has 0 saturated heterocycles. The summed E-state index contributed by atoms with van der Waals surface area (Å²) in [6.07, 6.45) is 20.2. The van der Waals surface area contributed by atoms with Crippen molar-refractivity contribution in [3.63, 3.8) is 0 Å². The zero-order valence-electron chi connectivity index (χ0n) is 18.4. The summed E-state index contributed by atoms with van der Waals surface area (Å²) < 4.78 is 0. The number of amides is 2. The third kappa shape index (κ3) is 16.8. The number of nitrogens with one attached hydrogen (secondary N) is 1. The number of unbranched alkanes of at least 4 members (excludes halogenated alkanes) is 14. The van der Waals surface area contributed by atoms with Gasteiger partial charge in [-0.2, -0.15) is 0 Å². The summed E-state index contributed by atoms with van der Waals surface area (Å²) in [5, 5.41) is 2.75. The molecule has 0 aliphatic carbocycles. The van der Waals surface area contributed by atoms with E-state index in [0.717, 1.165) is 12.8 Å². The minimum absolute atomic E-state index is 0.0347. The van der Waals surface area contributed by atoms with Crippen LogP contribution in [-0.2, 0) is 9.59 Å². The molecular formula is C23H46N2O2. The molecule has 0 aromatic carbocycles. The van der Waals surface area contributed by atoms with Gasteiger partial charge in [-0.25, -0.2) is 0 Å². The van der Waals surface area contributed by atoms with Crippen LogP contribution in [0.2, 0.25) is 0 Å². The summed E-state index contributed by atoms with van der Waals surface area (Å²) in [4.78, 5) is 23.2. The van der Waals surface area contributed by atoms with Crippen molar-refractivity contribution in [1.29, 1.82) is 0 Å². The van der Waals surface area contributed by atoms with E-state index < -0.39 is 11.9 Å².